The van der Waals surface area contributed by atoms with Crippen LogP contribution in [0.15, 0.2) is 24.4 Å². The van der Waals surface area contributed by atoms with Gasteiger partial charge in [0.1, 0.15) is 11.6 Å². The van der Waals surface area contributed by atoms with Crippen LogP contribution < -0.4 is 19.5 Å². The molecular weight excluding hydrogens is 258 g/mol. The average molecular weight is 275 g/mol. The fraction of sp³-hybridized carbons (Fsp3) is 0.286. The molecule has 20 heavy (non-hydrogen) atoms. The van der Waals surface area contributed by atoms with Gasteiger partial charge >= 0.3 is 0 Å². The first-order valence-electron chi connectivity index (χ1n) is 6.04. The number of hydrogen-bond donors (Lipinski definition) is 1. The van der Waals surface area contributed by atoms with Crippen LogP contribution in [0.4, 0.5) is 5.82 Å². The van der Waals surface area contributed by atoms with Gasteiger partial charge in [-0.25, -0.2) is 9.97 Å². The lowest BCUT2D eigenvalue weighted by molar-refractivity contribution is 0.349. The molecule has 1 N–H and O–H groups in total. The number of nitrogens with zero attached hydrogens (tertiary/aromatic N) is 2. The average Bonchev–Trinajstić information content (AvgIpc) is 2.53. The first-order chi connectivity index (χ1) is 9.73. The molecule has 0 aliphatic carbocycles. The summed E-state index contributed by atoms with van der Waals surface area (Å²) >= 11 is 0. The molecule has 0 aliphatic rings. The van der Waals surface area contributed by atoms with Crippen molar-refractivity contribution in [3.63, 3.8) is 0 Å². The largest absolute Gasteiger partial charge is 0.496 e. The molecule has 1 heterocycles. The van der Waals surface area contributed by atoms with Crippen LogP contribution in [0.5, 0.6) is 17.2 Å². The minimum atomic E-state index is 0.551. The van der Waals surface area contributed by atoms with Crippen molar-refractivity contribution in [2.75, 3.05) is 33.7 Å². The van der Waals surface area contributed by atoms with Crippen molar-refractivity contribution >= 4 is 5.82 Å². The summed E-state index contributed by atoms with van der Waals surface area (Å²) in [7, 11) is 6.55. The molecule has 6 nitrogen and oxygen atoms in total. The molecule has 0 spiro atoms. The number of anilines is 1. The van der Waals surface area contributed by atoms with E-state index in [1.54, 1.807) is 52.8 Å². The molecule has 1 aromatic heterocycles. The van der Waals surface area contributed by atoms with Crippen LogP contribution in [0.1, 0.15) is 0 Å². The second-order valence-corrected chi connectivity index (χ2v) is 3.92. The number of nitrogens with one attached hydrogen (secondary N) is 1. The molecule has 106 valence electrons. The fourth-order valence-electron chi connectivity index (χ4n) is 1.83. The minimum Gasteiger partial charge on any atom is -0.496 e. The Hall–Kier alpha value is -2.50. The number of aromatic nitrogens is 2. The topological polar surface area (TPSA) is 65.5 Å². The lowest BCUT2D eigenvalue weighted by atomic mass is 10.1. The van der Waals surface area contributed by atoms with Crippen molar-refractivity contribution in [1.29, 1.82) is 0 Å². The zero-order chi connectivity index (χ0) is 14.5. The Morgan fingerprint density at radius 3 is 2.20 bits per heavy atom. The first kappa shape index (κ1) is 13.9. The van der Waals surface area contributed by atoms with E-state index >= 15 is 0 Å². The van der Waals surface area contributed by atoms with Crippen molar-refractivity contribution < 1.29 is 14.2 Å². The SMILES string of the molecule is CNc1ccnc(-c2cc(OC)c(OC)cc2OC)n1. The van der Waals surface area contributed by atoms with Crippen LogP contribution in [0, 0.1) is 0 Å². The molecule has 0 saturated carbocycles. The summed E-state index contributed by atoms with van der Waals surface area (Å²) < 4.78 is 15.9. The summed E-state index contributed by atoms with van der Waals surface area (Å²) in [6.45, 7) is 0. The molecule has 2 aromatic rings. The van der Waals surface area contributed by atoms with Gasteiger partial charge in [0.25, 0.3) is 0 Å². The predicted octanol–water partition coefficient (Wildman–Crippen LogP) is 2.21. The molecule has 0 bridgehead atoms. The van der Waals surface area contributed by atoms with E-state index in [1.807, 2.05) is 0 Å². The Balaban J connectivity index is 2.59. The summed E-state index contributed by atoms with van der Waals surface area (Å²) in [5, 5.41) is 2.98. The summed E-state index contributed by atoms with van der Waals surface area (Å²) in [5.41, 5.74) is 0.738. The molecule has 0 radical (unpaired) electrons. The summed E-state index contributed by atoms with van der Waals surface area (Å²) in [6, 6.07) is 5.34. The summed E-state index contributed by atoms with van der Waals surface area (Å²) in [5.74, 6) is 3.09. The van der Waals surface area contributed by atoms with Gasteiger partial charge in [-0.15, -0.1) is 0 Å². The van der Waals surface area contributed by atoms with Crippen LogP contribution in [-0.2, 0) is 0 Å². The maximum absolute atomic E-state index is 5.38. The smallest absolute Gasteiger partial charge is 0.165 e. The van der Waals surface area contributed by atoms with E-state index in [1.165, 1.54) is 0 Å². The quantitative estimate of drug-likeness (QED) is 0.902. The van der Waals surface area contributed by atoms with E-state index in [2.05, 4.69) is 15.3 Å². The van der Waals surface area contributed by atoms with Crippen LogP contribution in [0.2, 0.25) is 0 Å². The van der Waals surface area contributed by atoms with Crippen molar-refractivity contribution in [1.82, 2.24) is 9.97 Å². The molecule has 1 aromatic carbocycles. The normalized spacial score (nSPS) is 10.0. The standard InChI is InChI=1S/C14H17N3O3/c1-15-13-5-6-16-14(17-13)9-7-11(19-3)12(20-4)8-10(9)18-2/h5-8H,1-4H3,(H,15,16,17). The maximum Gasteiger partial charge on any atom is 0.165 e. The summed E-state index contributed by atoms with van der Waals surface area (Å²) in [6.07, 6.45) is 1.68. The van der Waals surface area contributed by atoms with Crippen molar-refractivity contribution in [2.24, 2.45) is 0 Å². The molecular formula is C14H17N3O3. The van der Waals surface area contributed by atoms with Crippen molar-refractivity contribution in [2.45, 2.75) is 0 Å². The van der Waals surface area contributed by atoms with E-state index in [4.69, 9.17) is 14.2 Å². The molecule has 0 unspecified atom stereocenters. The molecule has 0 atom stereocenters. The van der Waals surface area contributed by atoms with E-state index in [0.717, 1.165) is 11.4 Å². The predicted molar refractivity (Wildman–Crippen MR) is 76.7 cm³/mol. The Bertz CT molecular complexity index is 602. The first-order valence-corrected chi connectivity index (χ1v) is 6.04. The molecule has 0 saturated heterocycles. The maximum atomic E-state index is 5.38. The van der Waals surface area contributed by atoms with Gasteiger partial charge in [0.15, 0.2) is 17.3 Å². The van der Waals surface area contributed by atoms with Gasteiger partial charge < -0.3 is 19.5 Å². The Kier molecular flexibility index (Phi) is 4.24. The van der Waals surface area contributed by atoms with Crippen LogP contribution in [-0.4, -0.2) is 38.3 Å². The van der Waals surface area contributed by atoms with Gasteiger partial charge in [0.2, 0.25) is 0 Å². The third kappa shape index (κ3) is 2.59. The van der Waals surface area contributed by atoms with Crippen molar-refractivity contribution in [3.8, 4) is 28.6 Å². The number of benzene rings is 1. The highest BCUT2D eigenvalue weighted by molar-refractivity contribution is 5.70. The lowest BCUT2D eigenvalue weighted by Gasteiger charge is -2.13. The molecule has 0 fully saturated rings. The molecule has 0 aliphatic heterocycles. The third-order valence-electron chi connectivity index (χ3n) is 2.86. The van der Waals surface area contributed by atoms with E-state index in [9.17, 15) is 0 Å². The van der Waals surface area contributed by atoms with Gasteiger partial charge in [-0.05, 0) is 12.1 Å². The minimum absolute atomic E-state index is 0.551. The van der Waals surface area contributed by atoms with Gasteiger partial charge in [-0.2, -0.15) is 0 Å². The van der Waals surface area contributed by atoms with Gasteiger partial charge in [-0.3, -0.25) is 0 Å². The van der Waals surface area contributed by atoms with E-state index in [-0.39, 0.29) is 0 Å². The zero-order valence-electron chi connectivity index (χ0n) is 11.9. The lowest BCUT2D eigenvalue weighted by Crippen LogP contribution is -1.99. The third-order valence-corrected chi connectivity index (χ3v) is 2.86. The number of ether oxygens (including phenoxy) is 3. The van der Waals surface area contributed by atoms with Gasteiger partial charge in [0, 0.05) is 19.3 Å². The molecule has 0 amide bonds. The van der Waals surface area contributed by atoms with Gasteiger partial charge in [0.05, 0.1) is 26.9 Å². The highest BCUT2D eigenvalue weighted by Gasteiger charge is 2.15. The zero-order valence-corrected chi connectivity index (χ0v) is 11.9. The summed E-state index contributed by atoms with van der Waals surface area (Å²) in [4.78, 5) is 8.67. The van der Waals surface area contributed by atoms with Crippen molar-refractivity contribution in [3.05, 3.63) is 24.4 Å². The Labute approximate surface area is 117 Å². The molecule has 2 rings (SSSR count). The van der Waals surface area contributed by atoms with Crippen LogP contribution >= 0.6 is 0 Å². The van der Waals surface area contributed by atoms with Crippen LogP contribution in [0.3, 0.4) is 0 Å². The second kappa shape index (κ2) is 6.10. The van der Waals surface area contributed by atoms with E-state index in [0.29, 0.717) is 23.1 Å². The molecule has 6 heteroatoms. The fourth-order valence-corrected chi connectivity index (χ4v) is 1.83. The highest BCUT2D eigenvalue weighted by Crippen LogP contribution is 2.38. The number of rotatable bonds is 5. The van der Waals surface area contributed by atoms with Crippen LogP contribution in [0.25, 0.3) is 11.4 Å². The number of methoxy groups -OCH3 is 3. The van der Waals surface area contributed by atoms with E-state index < -0.39 is 0 Å². The highest BCUT2D eigenvalue weighted by atomic mass is 16.5. The monoisotopic (exact) mass is 275 g/mol. The Morgan fingerprint density at radius 1 is 0.950 bits per heavy atom. The second-order valence-electron chi connectivity index (χ2n) is 3.92. The number of hydrogen-bond acceptors (Lipinski definition) is 6. The Morgan fingerprint density at radius 2 is 1.60 bits per heavy atom. The van der Waals surface area contributed by atoms with Gasteiger partial charge in [-0.1, -0.05) is 0 Å².